The molecule has 0 saturated carbocycles. The zero-order chi connectivity index (χ0) is 20.1. The van der Waals surface area contributed by atoms with Crippen LogP contribution in [0.5, 0.6) is 0 Å². The third kappa shape index (κ3) is 5.64. The SMILES string of the molecule is Cc1cc(-c2csc(S(=O)(=O)NCCCOC3CCN(C(C)C)CC3)c2)on1. The molecule has 1 saturated heterocycles. The van der Waals surface area contributed by atoms with Gasteiger partial charge in [0.05, 0.1) is 11.8 Å². The molecule has 28 heavy (non-hydrogen) atoms. The van der Waals surface area contributed by atoms with Crippen LogP contribution < -0.4 is 4.72 Å². The molecular weight excluding hydrogens is 398 g/mol. The van der Waals surface area contributed by atoms with Gasteiger partial charge in [0.25, 0.3) is 0 Å². The lowest BCUT2D eigenvalue weighted by atomic mass is 10.1. The Balaban J connectivity index is 1.39. The first kappa shape index (κ1) is 21.4. The van der Waals surface area contributed by atoms with Gasteiger partial charge in [-0.1, -0.05) is 5.16 Å². The van der Waals surface area contributed by atoms with Crippen LogP contribution in [0, 0.1) is 6.92 Å². The maximum atomic E-state index is 12.5. The van der Waals surface area contributed by atoms with Gasteiger partial charge in [-0.3, -0.25) is 0 Å². The van der Waals surface area contributed by atoms with Gasteiger partial charge in [-0.15, -0.1) is 11.3 Å². The van der Waals surface area contributed by atoms with Crippen molar-refractivity contribution in [2.24, 2.45) is 0 Å². The summed E-state index contributed by atoms with van der Waals surface area (Å²) < 4.78 is 38.9. The standard InChI is InChI=1S/C19H29N3O4S2/c1-14(2)22-8-5-17(6-9-22)25-10-4-7-20-28(23,24)19-12-16(13-27-19)18-11-15(3)21-26-18/h11-14,17,20H,4-10H2,1-3H3. The Kier molecular flexibility index (Phi) is 7.27. The molecule has 0 aromatic carbocycles. The summed E-state index contributed by atoms with van der Waals surface area (Å²) in [5.41, 5.74) is 1.49. The number of thiophene rings is 1. The van der Waals surface area contributed by atoms with Crippen molar-refractivity contribution < 1.29 is 17.7 Å². The van der Waals surface area contributed by atoms with E-state index < -0.39 is 10.0 Å². The van der Waals surface area contributed by atoms with Crippen molar-refractivity contribution in [2.45, 2.75) is 56.4 Å². The number of sulfonamides is 1. The molecule has 156 valence electrons. The van der Waals surface area contributed by atoms with Crippen molar-refractivity contribution in [3.05, 3.63) is 23.2 Å². The second-order valence-electron chi connectivity index (χ2n) is 7.44. The average Bonchev–Trinajstić information content (AvgIpc) is 3.31. The fourth-order valence-electron chi connectivity index (χ4n) is 3.24. The number of rotatable bonds is 9. The Labute approximate surface area is 171 Å². The van der Waals surface area contributed by atoms with Crippen molar-refractivity contribution in [1.82, 2.24) is 14.8 Å². The van der Waals surface area contributed by atoms with Gasteiger partial charge in [0.1, 0.15) is 4.21 Å². The fourth-order valence-corrected chi connectivity index (χ4v) is 5.53. The molecule has 0 spiro atoms. The second kappa shape index (κ2) is 9.49. The second-order valence-corrected chi connectivity index (χ2v) is 10.3. The molecule has 1 aliphatic heterocycles. The minimum atomic E-state index is -3.52. The molecule has 7 nitrogen and oxygen atoms in total. The lowest BCUT2D eigenvalue weighted by Gasteiger charge is -2.34. The van der Waals surface area contributed by atoms with Gasteiger partial charge < -0.3 is 14.2 Å². The molecule has 3 rings (SSSR count). The molecule has 0 aliphatic carbocycles. The van der Waals surface area contributed by atoms with E-state index in [1.807, 2.05) is 6.92 Å². The summed E-state index contributed by atoms with van der Waals surface area (Å²) in [4.78, 5) is 2.46. The molecule has 0 radical (unpaired) electrons. The average molecular weight is 428 g/mol. The Morgan fingerprint density at radius 2 is 2.11 bits per heavy atom. The number of nitrogens with one attached hydrogen (secondary N) is 1. The number of ether oxygens (including phenoxy) is 1. The highest BCUT2D eigenvalue weighted by atomic mass is 32.2. The van der Waals surface area contributed by atoms with Crippen LogP contribution in [0.4, 0.5) is 0 Å². The summed E-state index contributed by atoms with van der Waals surface area (Å²) in [6.45, 7) is 9.34. The topological polar surface area (TPSA) is 84.7 Å². The van der Waals surface area contributed by atoms with Crippen LogP contribution in [0.25, 0.3) is 11.3 Å². The zero-order valence-electron chi connectivity index (χ0n) is 16.7. The number of aryl methyl sites for hydroxylation is 1. The monoisotopic (exact) mass is 427 g/mol. The van der Waals surface area contributed by atoms with E-state index >= 15 is 0 Å². The van der Waals surface area contributed by atoms with Crippen molar-refractivity contribution in [1.29, 1.82) is 0 Å². The predicted molar refractivity (Wildman–Crippen MR) is 110 cm³/mol. The maximum absolute atomic E-state index is 12.5. The summed E-state index contributed by atoms with van der Waals surface area (Å²) in [6, 6.07) is 3.99. The molecule has 0 amide bonds. The molecule has 1 aliphatic rings. The summed E-state index contributed by atoms with van der Waals surface area (Å²) in [5, 5.41) is 5.60. The van der Waals surface area contributed by atoms with E-state index in [1.54, 1.807) is 17.5 Å². The van der Waals surface area contributed by atoms with Gasteiger partial charge in [0.2, 0.25) is 10.0 Å². The first-order valence-corrected chi connectivity index (χ1v) is 12.1. The highest BCUT2D eigenvalue weighted by Crippen LogP contribution is 2.28. The normalized spacial score (nSPS) is 16.9. The van der Waals surface area contributed by atoms with Crippen molar-refractivity contribution in [2.75, 3.05) is 26.2 Å². The third-order valence-electron chi connectivity index (χ3n) is 4.93. The van der Waals surface area contributed by atoms with Gasteiger partial charge in [0.15, 0.2) is 5.76 Å². The molecule has 9 heteroatoms. The molecule has 2 aromatic heterocycles. The Morgan fingerprint density at radius 3 is 2.75 bits per heavy atom. The van der Waals surface area contributed by atoms with Crippen molar-refractivity contribution >= 4 is 21.4 Å². The van der Waals surface area contributed by atoms with Gasteiger partial charge in [-0.25, -0.2) is 13.1 Å². The van der Waals surface area contributed by atoms with E-state index in [4.69, 9.17) is 9.26 Å². The Hall–Kier alpha value is -1.26. The minimum Gasteiger partial charge on any atom is -0.378 e. The van der Waals surface area contributed by atoms with Crippen LogP contribution in [0.2, 0.25) is 0 Å². The maximum Gasteiger partial charge on any atom is 0.250 e. The van der Waals surface area contributed by atoms with Gasteiger partial charge in [0, 0.05) is 49.3 Å². The molecule has 0 bridgehead atoms. The number of hydrogen-bond acceptors (Lipinski definition) is 7. The Bertz CT molecular complexity index is 852. The van der Waals surface area contributed by atoms with Crippen LogP contribution >= 0.6 is 11.3 Å². The molecule has 1 fully saturated rings. The molecule has 2 aromatic rings. The first-order valence-electron chi connectivity index (χ1n) is 9.72. The molecule has 0 unspecified atom stereocenters. The quantitative estimate of drug-likeness (QED) is 0.618. The molecular formula is C19H29N3O4S2. The third-order valence-corrected chi connectivity index (χ3v) is 7.83. The largest absolute Gasteiger partial charge is 0.378 e. The highest BCUT2D eigenvalue weighted by molar-refractivity contribution is 7.91. The minimum absolute atomic E-state index is 0.276. The van der Waals surface area contributed by atoms with Crippen LogP contribution in [-0.2, 0) is 14.8 Å². The number of aromatic nitrogens is 1. The summed E-state index contributed by atoms with van der Waals surface area (Å²) >= 11 is 1.18. The molecule has 1 N–H and O–H groups in total. The summed E-state index contributed by atoms with van der Waals surface area (Å²) in [7, 11) is -3.52. The number of nitrogens with zero attached hydrogens (tertiary/aromatic N) is 2. The molecule has 3 heterocycles. The lowest BCUT2D eigenvalue weighted by molar-refractivity contribution is 0.000944. The van der Waals surface area contributed by atoms with Gasteiger partial charge >= 0.3 is 0 Å². The van der Waals surface area contributed by atoms with E-state index in [9.17, 15) is 8.42 Å². The smallest absolute Gasteiger partial charge is 0.250 e. The number of piperidine rings is 1. The van der Waals surface area contributed by atoms with E-state index in [0.717, 1.165) is 37.2 Å². The van der Waals surface area contributed by atoms with E-state index in [-0.39, 0.29) is 10.3 Å². The van der Waals surface area contributed by atoms with E-state index in [1.165, 1.54) is 11.3 Å². The Morgan fingerprint density at radius 1 is 1.36 bits per heavy atom. The molecule has 0 atom stereocenters. The highest BCUT2D eigenvalue weighted by Gasteiger charge is 2.21. The van der Waals surface area contributed by atoms with Gasteiger partial charge in [-0.2, -0.15) is 0 Å². The number of hydrogen-bond donors (Lipinski definition) is 1. The van der Waals surface area contributed by atoms with Crippen LogP contribution in [-0.4, -0.2) is 56.9 Å². The van der Waals surface area contributed by atoms with Crippen LogP contribution in [0.3, 0.4) is 0 Å². The van der Waals surface area contributed by atoms with Gasteiger partial charge in [-0.05, 0) is 46.1 Å². The van der Waals surface area contributed by atoms with Crippen LogP contribution in [0.1, 0.15) is 38.8 Å². The fraction of sp³-hybridized carbons (Fsp3) is 0.632. The van der Waals surface area contributed by atoms with Crippen molar-refractivity contribution in [3.63, 3.8) is 0 Å². The summed E-state index contributed by atoms with van der Waals surface area (Å²) in [5.74, 6) is 0.576. The number of likely N-dealkylation sites (tertiary alicyclic amines) is 1. The first-order chi connectivity index (χ1) is 13.3. The lowest BCUT2D eigenvalue weighted by Crippen LogP contribution is -2.41. The van der Waals surface area contributed by atoms with Crippen LogP contribution in [0.15, 0.2) is 26.2 Å². The zero-order valence-corrected chi connectivity index (χ0v) is 18.3. The predicted octanol–water partition coefficient (Wildman–Crippen LogP) is 3.27. The van der Waals surface area contributed by atoms with E-state index in [2.05, 4.69) is 28.6 Å². The summed E-state index contributed by atoms with van der Waals surface area (Å²) in [6.07, 6.45) is 3.03. The van der Waals surface area contributed by atoms with E-state index in [0.29, 0.717) is 31.4 Å². The van der Waals surface area contributed by atoms with Crippen molar-refractivity contribution in [3.8, 4) is 11.3 Å².